The average Bonchev–Trinajstić information content (AvgIpc) is 3.56. The third-order valence-corrected chi connectivity index (χ3v) is 9.75. The molecule has 248 valence electrons. The fourth-order valence-corrected chi connectivity index (χ4v) is 7.24. The SMILES string of the molecule is Cc1cc(Oc2ccc3c4cc(C(C)CCCC(C)C)ccc4n(-c4cc(C)ccn4)c3c2)cc(-n2nc(C)c(-c3ccccc3)c2C)c1. The first-order valence-corrected chi connectivity index (χ1v) is 17.6. The number of pyridine rings is 1. The van der Waals surface area contributed by atoms with Gasteiger partial charge in [0.2, 0.25) is 0 Å². The van der Waals surface area contributed by atoms with Crippen molar-refractivity contribution in [3.63, 3.8) is 0 Å². The lowest BCUT2D eigenvalue weighted by atomic mass is 9.92. The third kappa shape index (κ3) is 6.50. The van der Waals surface area contributed by atoms with Crippen molar-refractivity contribution in [2.24, 2.45) is 5.92 Å². The molecule has 0 bridgehead atoms. The van der Waals surface area contributed by atoms with E-state index in [2.05, 4.69) is 138 Å². The maximum absolute atomic E-state index is 6.65. The van der Waals surface area contributed by atoms with Crippen molar-refractivity contribution in [2.45, 2.75) is 73.6 Å². The summed E-state index contributed by atoms with van der Waals surface area (Å²) in [5.74, 6) is 3.70. The summed E-state index contributed by atoms with van der Waals surface area (Å²) in [5.41, 5.74) is 11.3. The standard InChI is InChI=1S/C44H46N4O/c1-28(2)12-11-13-31(5)35-16-19-41-40(25-35)39-18-17-37(27-42(39)47(41)43-24-29(3)20-21-45-43)49-38-23-30(4)22-36(26-38)48-33(7)44(32(6)46-48)34-14-9-8-10-15-34/h8-10,14-28,31H,11-13H2,1-7H3. The smallest absolute Gasteiger partial charge is 0.137 e. The summed E-state index contributed by atoms with van der Waals surface area (Å²) in [4.78, 5) is 4.82. The number of hydrogen-bond acceptors (Lipinski definition) is 3. The molecule has 0 N–H and O–H groups in total. The van der Waals surface area contributed by atoms with Crippen molar-refractivity contribution in [1.82, 2.24) is 19.3 Å². The van der Waals surface area contributed by atoms with Gasteiger partial charge in [0.1, 0.15) is 17.3 Å². The Morgan fingerprint density at radius 2 is 1.51 bits per heavy atom. The molecule has 0 aliphatic heterocycles. The van der Waals surface area contributed by atoms with Crippen LogP contribution in [0.15, 0.2) is 103 Å². The molecule has 5 nitrogen and oxygen atoms in total. The number of aryl methyl sites for hydroxylation is 3. The summed E-state index contributed by atoms with van der Waals surface area (Å²) in [5, 5.41) is 7.40. The Hall–Kier alpha value is -5.16. The minimum Gasteiger partial charge on any atom is -0.457 e. The Labute approximate surface area is 290 Å². The van der Waals surface area contributed by atoms with Crippen LogP contribution < -0.4 is 4.74 Å². The number of rotatable bonds is 10. The number of nitrogens with zero attached hydrogens (tertiary/aromatic N) is 4. The average molecular weight is 647 g/mol. The zero-order chi connectivity index (χ0) is 34.2. The van der Waals surface area contributed by atoms with E-state index >= 15 is 0 Å². The number of benzene rings is 4. The number of hydrogen-bond donors (Lipinski definition) is 0. The predicted octanol–water partition coefficient (Wildman–Crippen LogP) is 12.0. The molecule has 0 amide bonds. The largest absolute Gasteiger partial charge is 0.457 e. The van der Waals surface area contributed by atoms with Crippen LogP contribution in [-0.2, 0) is 0 Å². The summed E-state index contributed by atoms with van der Waals surface area (Å²) >= 11 is 0. The number of aromatic nitrogens is 4. The van der Waals surface area contributed by atoms with Crippen LogP contribution >= 0.6 is 0 Å². The molecule has 7 aromatic rings. The monoisotopic (exact) mass is 646 g/mol. The number of ether oxygens (including phenoxy) is 1. The molecule has 49 heavy (non-hydrogen) atoms. The van der Waals surface area contributed by atoms with Crippen molar-refractivity contribution in [3.05, 3.63) is 131 Å². The van der Waals surface area contributed by atoms with Gasteiger partial charge in [-0.3, -0.25) is 4.57 Å². The van der Waals surface area contributed by atoms with E-state index < -0.39 is 0 Å². The van der Waals surface area contributed by atoms with Gasteiger partial charge in [0, 0.05) is 40.4 Å². The van der Waals surface area contributed by atoms with E-state index in [9.17, 15) is 0 Å². The molecule has 5 heteroatoms. The van der Waals surface area contributed by atoms with Gasteiger partial charge in [-0.1, -0.05) is 70.0 Å². The van der Waals surface area contributed by atoms with Crippen molar-refractivity contribution in [3.8, 4) is 34.1 Å². The van der Waals surface area contributed by atoms with Gasteiger partial charge in [-0.15, -0.1) is 0 Å². The van der Waals surface area contributed by atoms with E-state index in [-0.39, 0.29) is 0 Å². The molecule has 7 rings (SSSR count). The number of fused-ring (bicyclic) bond motifs is 3. The Morgan fingerprint density at radius 3 is 2.29 bits per heavy atom. The highest BCUT2D eigenvalue weighted by atomic mass is 16.5. The van der Waals surface area contributed by atoms with E-state index in [4.69, 9.17) is 14.8 Å². The summed E-state index contributed by atoms with van der Waals surface area (Å²) in [6.45, 7) is 15.4. The molecule has 3 aromatic heterocycles. The molecule has 0 aliphatic rings. The van der Waals surface area contributed by atoms with Gasteiger partial charge in [0.25, 0.3) is 0 Å². The molecular weight excluding hydrogens is 601 g/mol. The fourth-order valence-electron chi connectivity index (χ4n) is 7.24. The Bertz CT molecular complexity index is 2270. The molecule has 1 atom stereocenters. The molecule has 0 aliphatic carbocycles. The third-order valence-electron chi connectivity index (χ3n) is 9.75. The van der Waals surface area contributed by atoms with E-state index in [1.54, 1.807) is 0 Å². The Morgan fingerprint density at radius 1 is 0.694 bits per heavy atom. The highest BCUT2D eigenvalue weighted by Crippen LogP contribution is 2.38. The summed E-state index contributed by atoms with van der Waals surface area (Å²) in [6.07, 6.45) is 5.61. The van der Waals surface area contributed by atoms with Crippen molar-refractivity contribution >= 4 is 21.8 Å². The van der Waals surface area contributed by atoms with Crippen LogP contribution in [-0.4, -0.2) is 19.3 Å². The van der Waals surface area contributed by atoms with Crippen LogP contribution in [0.4, 0.5) is 0 Å². The van der Waals surface area contributed by atoms with E-state index in [0.717, 1.165) is 56.9 Å². The lowest BCUT2D eigenvalue weighted by Crippen LogP contribution is -2.00. The summed E-state index contributed by atoms with van der Waals surface area (Å²) in [6, 6.07) is 34.4. The van der Waals surface area contributed by atoms with Crippen molar-refractivity contribution in [1.29, 1.82) is 0 Å². The predicted molar refractivity (Wildman–Crippen MR) is 204 cm³/mol. The highest BCUT2D eigenvalue weighted by molar-refractivity contribution is 6.09. The van der Waals surface area contributed by atoms with Crippen LogP contribution in [0.3, 0.4) is 0 Å². The quantitative estimate of drug-likeness (QED) is 0.148. The molecule has 0 radical (unpaired) electrons. The van der Waals surface area contributed by atoms with Gasteiger partial charge in [-0.25, -0.2) is 9.67 Å². The highest BCUT2D eigenvalue weighted by Gasteiger charge is 2.18. The fraction of sp³-hybridized carbons (Fsp3) is 0.273. The van der Waals surface area contributed by atoms with E-state index in [1.807, 2.05) is 23.0 Å². The molecule has 4 aromatic carbocycles. The topological polar surface area (TPSA) is 44.9 Å². The zero-order valence-corrected chi connectivity index (χ0v) is 29.8. The van der Waals surface area contributed by atoms with Crippen LogP contribution in [0.2, 0.25) is 0 Å². The molecular formula is C44H46N4O. The second kappa shape index (κ2) is 13.4. The molecule has 0 fully saturated rings. The van der Waals surface area contributed by atoms with Gasteiger partial charge in [0.05, 0.1) is 22.4 Å². The maximum Gasteiger partial charge on any atom is 0.137 e. The van der Waals surface area contributed by atoms with Gasteiger partial charge in [0.15, 0.2) is 0 Å². The van der Waals surface area contributed by atoms with Gasteiger partial charge >= 0.3 is 0 Å². The first-order valence-electron chi connectivity index (χ1n) is 17.6. The molecule has 3 heterocycles. The molecule has 0 saturated carbocycles. The Kier molecular flexibility index (Phi) is 8.85. The first-order chi connectivity index (χ1) is 23.7. The van der Waals surface area contributed by atoms with Crippen LogP contribution in [0.5, 0.6) is 11.5 Å². The summed E-state index contributed by atoms with van der Waals surface area (Å²) in [7, 11) is 0. The summed E-state index contributed by atoms with van der Waals surface area (Å²) < 4.78 is 11.0. The molecule has 0 spiro atoms. The minimum absolute atomic E-state index is 0.503. The van der Waals surface area contributed by atoms with E-state index in [1.165, 1.54) is 52.3 Å². The normalized spacial score (nSPS) is 12.3. The molecule has 0 saturated heterocycles. The lowest BCUT2D eigenvalue weighted by Gasteiger charge is -2.13. The van der Waals surface area contributed by atoms with Crippen LogP contribution in [0.1, 0.15) is 74.0 Å². The van der Waals surface area contributed by atoms with Crippen LogP contribution in [0, 0.1) is 33.6 Å². The van der Waals surface area contributed by atoms with Gasteiger partial charge < -0.3 is 4.74 Å². The maximum atomic E-state index is 6.65. The van der Waals surface area contributed by atoms with Gasteiger partial charge in [-0.2, -0.15) is 5.10 Å². The lowest BCUT2D eigenvalue weighted by molar-refractivity contribution is 0.482. The zero-order valence-electron chi connectivity index (χ0n) is 29.8. The Balaban J connectivity index is 1.28. The van der Waals surface area contributed by atoms with Gasteiger partial charge in [-0.05, 0) is 117 Å². The minimum atomic E-state index is 0.503. The first kappa shape index (κ1) is 32.4. The second-order valence-electron chi connectivity index (χ2n) is 14.1. The molecule has 1 unspecified atom stereocenters. The van der Waals surface area contributed by atoms with Crippen molar-refractivity contribution < 1.29 is 4.74 Å². The van der Waals surface area contributed by atoms with Crippen LogP contribution in [0.25, 0.3) is 44.4 Å². The van der Waals surface area contributed by atoms with Crippen molar-refractivity contribution in [2.75, 3.05) is 0 Å². The second-order valence-corrected chi connectivity index (χ2v) is 14.1. The van der Waals surface area contributed by atoms with E-state index in [0.29, 0.717) is 5.92 Å².